The molecule has 0 aromatic carbocycles. The van der Waals surface area contributed by atoms with Crippen molar-refractivity contribution in [1.82, 2.24) is 25.5 Å². The largest absolute Gasteiger partial charge is 0.349 e. The van der Waals surface area contributed by atoms with E-state index in [-0.39, 0.29) is 23.4 Å². The molecule has 7 nitrogen and oxygen atoms in total. The summed E-state index contributed by atoms with van der Waals surface area (Å²) in [5.74, 6) is 0.623. The normalized spacial score (nSPS) is 23.8. The first-order valence-corrected chi connectivity index (χ1v) is 9.09. The van der Waals surface area contributed by atoms with Crippen molar-refractivity contribution in [3.63, 3.8) is 0 Å². The lowest BCUT2D eigenvalue weighted by atomic mass is 9.78. The second-order valence-corrected chi connectivity index (χ2v) is 7.21. The highest BCUT2D eigenvalue weighted by molar-refractivity contribution is 5.95. The van der Waals surface area contributed by atoms with Gasteiger partial charge in [0.05, 0.1) is 29.5 Å². The molecule has 1 amide bonds. The van der Waals surface area contributed by atoms with Crippen LogP contribution >= 0.6 is 0 Å². The van der Waals surface area contributed by atoms with Gasteiger partial charge in [-0.2, -0.15) is 5.10 Å². The Morgan fingerprint density at radius 2 is 1.96 bits per heavy atom. The minimum Gasteiger partial charge on any atom is -0.349 e. The van der Waals surface area contributed by atoms with E-state index in [0.717, 1.165) is 37.1 Å². The number of hydrogen-bond acceptors (Lipinski definition) is 4. The zero-order chi connectivity index (χ0) is 17.2. The number of aromatic amines is 2. The van der Waals surface area contributed by atoms with Gasteiger partial charge in [0.1, 0.15) is 0 Å². The Morgan fingerprint density at radius 1 is 1.16 bits per heavy atom. The third-order valence-electron chi connectivity index (χ3n) is 5.52. The van der Waals surface area contributed by atoms with E-state index < -0.39 is 0 Å². The Hall–Kier alpha value is -2.44. The molecule has 2 aromatic rings. The molecule has 25 heavy (non-hydrogen) atoms. The summed E-state index contributed by atoms with van der Waals surface area (Å²) in [5.41, 5.74) is 2.35. The number of carbonyl (C=O) groups excluding carboxylic acids is 1. The van der Waals surface area contributed by atoms with Crippen LogP contribution in [0.4, 0.5) is 0 Å². The van der Waals surface area contributed by atoms with Gasteiger partial charge in [-0.3, -0.25) is 14.7 Å². The average molecular weight is 341 g/mol. The van der Waals surface area contributed by atoms with Crippen LogP contribution in [0, 0.1) is 0 Å². The van der Waals surface area contributed by atoms with Gasteiger partial charge in [0.15, 0.2) is 0 Å². The fraction of sp³-hybridized carbons (Fsp3) is 0.556. The van der Waals surface area contributed by atoms with Gasteiger partial charge in [0.25, 0.3) is 11.5 Å². The SMILES string of the molecule is O=C(NC1CC(c2cc(=O)[nH]cn2)C1)c1cn[nH]c1C1CCCCC1. The zero-order valence-corrected chi connectivity index (χ0v) is 14.1. The summed E-state index contributed by atoms with van der Waals surface area (Å²) in [5, 5.41) is 10.3. The van der Waals surface area contributed by atoms with Crippen molar-refractivity contribution in [2.75, 3.05) is 0 Å². The van der Waals surface area contributed by atoms with Crippen LogP contribution in [0.15, 0.2) is 23.4 Å². The van der Waals surface area contributed by atoms with E-state index in [1.165, 1.54) is 25.6 Å². The number of carbonyl (C=O) groups is 1. The summed E-state index contributed by atoms with van der Waals surface area (Å²) in [6, 6.07) is 1.67. The van der Waals surface area contributed by atoms with Crippen LogP contribution in [0.2, 0.25) is 0 Å². The molecule has 4 rings (SSSR count). The molecule has 2 fully saturated rings. The van der Waals surface area contributed by atoms with E-state index in [2.05, 4.69) is 25.5 Å². The topological polar surface area (TPSA) is 104 Å². The molecule has 0 atom stereocenters. The van der Waals surface area contributed by atoms with E-state index in [1.807, 2.05) is 0 Å². The Labute approximate surface area is 145 Å². The highest BCUT2D eigenvalue weighted by Crippen LogP contribution is 2.36. The van der Waals surface area contributed by atoms with Crippen molar-refractivity contribution in [2.45, 2.75) is 62.8 Å². The lowest BCUT2D eigenvalue weighted by Crippen LogP contribution is -2.44. The second-order valence-electron chi connectivity index (χ2n) is 7.21. The predicted octanol–water partition coefficient (Wildman–Crippen LogP) is 2.22. The summed E-state index contributed by atoms with van der Waals surface area (Å²) in [6.45, 7) is 0. The van der Waals surface area contributed by atoms with Crippen molar-refractivity contribution < 1.29 is 4.79 Å². The van der Waals surface area contributed by atoms with Gasteiger partial charge >= 0.3 is 0 Å². The minimum atomic E-state index is -0.131. The third kappa shape index (κ3) is 3.36. The van der Waals surface area contributed by atoms with Gasteiger partial charge in [0.2, 0.25) is 0 Å². The van der Waals surface area contributed by atoms with E-state index in [9.17, 15) is 9.59 Å². The molecule has 2 saturated carbocycles. The third-order valence-corrected chi connectivity index (χ3v) is 5.52. The van der Waals surface area contributed by atoms with Gasteiger partial charge in [-0.25, -0.2) is 4.98 Å². The Bertz CT molecular complexity index is 800. The molecule has 3 N–H and O–H groups in total. The molecule has 0 unspecified atom stereocenters. The van der Waals surface area contributed by atoms with Crippen molar-refractivity contribution in [3.05, 3.63) is 45.9 Å². The van der Waals surface area contributed by atoms with Crippen LogP contribution in [0.5, 0.6) is 0 Å². The molecule has 2 aromatic heterocycles. The highest BCUT2D eigenvalue weighted by atomic mass is 16.1. The van der Waals surface area contributed by atoms with E-state index in [1.54, 1.807) is 12.3 Å². The first-order chi connectivity index (χ1) is 12.2. The first kappa shape index (κ1) is 16.1. The molecule has 0 radical (unpaired) electrons. The molecule has 0 spiro atoms. The van der Waals surface area contributed by atoms with Gasteiger partial charge in [-0.05, 0) is 25.7 Å². The monoisotopic (exact) mass is 341 g/mol. The molecule has 132 valence electrons. The lowest BCUT2D eigenvalue weighted by Gasteiger charge is -2.35. The van der Waals surface area contributed by atoms with Crippen molar-refractivity contribution >= 4 is 5.91 Å². The van der Waals surface area contributed by atoms with Crippen molar-refractivity contribution in [1.29, 1.82) is 0 Å². The predicted molar refractivity (Wildman–Crippen MR) is 92.5 cm³/mol. The number of H-pyrrole nitrogens is 2. The van der Waals surface area contributed by atoms with Crippen LogP contribution in [0.25, 0.3) is 0 Å². The summed E-state index contributed by atoms with van der Waals surface area (Å²) in [7, 11) is 0. The van der Waals surface area contributed by atoms with Gasteiger partial charge in [-0.15, -0.1) is 0 Å². The van der Waals surface area contributed by atoms with Crippen molar-refractivity contribution in [2.24, 2.45) is 0 Å². The van der Waals surface area contributed by atoms with Crippen LogP contribution in [-0.4, -0.2) is 32.1 Å². The van der Waals surface area contributed by atoms with Crippen LogP contribution in [0.1, 0.15) is 78.5 Å². The maximum atomic E-state index is 12.6. The molecular weight excluding hydrogens is 318 g/mol. The summed E-state index contributed by atoms with van der Waals surface area (Å²) in [6.07, 6.45) is 10.7. The van der Waals surface area contributed by atoms with Crippen LogP contribution in [0.3, 0.4) is 0 Å². The van der Waals surface area contributed by atoms with Gasteiger partial charge < -0.3 is 10.3 Å². The first-order valence-electron chi connectivity index (χ1n) is 9.09. The second kappa shape index (κ2) is 6.82. The van der Waals surface area contributed by atoms with Crippen LogP contribution < -0.4 is 10.9 Å². The number of hydrogen-bond donors (Lipinski definition) is 3. The standard InChI is InChI=1S/C18H23N5O2/c24-16-8-15(19-10-20-16)12-6-13(7-12)22-18(25)14-9-21-23-17(14)11-4-2-1-3-5-11/h8-13H,1-7H2,(H,21,23)(H,22,25)(H,19,20,24). The number of nitrogens with one attached hydrogen (secondary N) is 3. The number of aromatic nitrogens is 4. The van der Waals surface area contributed by atoms with E-state index >= 15 is 0 Å². The Balaban J connectivity index is 1.36. The van der Waals surface area contributed by atoms with E-state index in [0.29, 0.717) is 11.5 Å². The quantitative estimate of drug-likeness (QED) is 0.793. The molecule has 2 aliphatic carbocycles. The summed E-state index contributed by atoms with van der Waals surface area (Å²) >= 11 is 0. The van der Waals surface area contributed by atoms with Crippen LogP contribution in [-0.2, 0) is 0 Å². The lowest BCUT2D eigenvalue weighted by molar-refractivity contribution is 0.0906. The summed E-state index contributed by atoms with van der Waals surface area (Å²) in [4.78, 5) is 30.7. The molecule has 2 aliphatic rings. The smallest absolute Gasteiger partial charge is 0.254 e. The maximum absolute atomic E-state index is 12.6. The molecule has 7 heteroatoms. The summed E-state index contributed by atoms with van der Waals surface area (Å²) < 4.78 is 0. The minimum absolute atomic E-state index is 0.0448. The molecule has 2 heterocycles. The molecule has 0 saturated heterocycles. The average Bonchev–Trinajstić information content (AvgIpc) is 3.08. The van der Waals surface area contributed by atoms with Gasteiger partial charge in [-0.1, -0.05) is 19.3 Å². The fourth-order valence-electron chi connectivity index (χ4n) is 4.03. The number of nitrogens with zero attached hydrogens (tertiary/aromatic N) is 2. The number of amides is 1. The molecular formula is C18H23N5O2. The molecule has 0 bridgehead atoms. The van der Waals surface area contributed by atoms with Crippen molar-refractivity contribution in [3.8, 4) is 0 Å². The number of rotatable bonds is 4. The Morgan fingerprint density at radius 3 is 2.72 bits per heavy atom. The highest BCUT2D eigenvalue weighted by Gasteiger charge is 2.33. The van der Waals surface area contributed by atoms with Gasteiger partial charge in [0, 0.05) is 23.9 Å². The fourth-order valence-corrected chi connectivity index (χ4v) is 4.03. The Kier molecular flexibility index (Phi) is 4.38. The molecule has 0 aliphatic heterocycles. The zero-order valence-electron chi connectivity index (χ0n) is 14.1. The van der Waals surface area contributed by atoms with E-state index in [4.69, 9.17) is 0 Å². The maximum Gasteiger partial charge on any atom is 0.254 e.